The van der Waals surface area contributed by atoms with Crippen LogP contribution in [0.15, 0.2) is 24.4 Å². The first kappa shape index (κ1) is 25.1. The Bertz CT molecular complexity index is 1220. The molecule has 1 aromatic carbocycles. The van der Waals surface area contributed by atoms with E-state index < -0.39 is 6.10 Å². The Morgan fingerprint density at radius 2 is 1.86 bits per heavy atom. The van der Waals surface area contributed by atoms with Crippen LogP contribution in [0.1, 0.15) is 41.4 Å². The molecule has 0 saturated carbocycles. The zero-order chi connectivity index (χ0) is 26.4. The van der Waals surface area contributed by atoms with Gasteiger partial charge in [-0.2, -0.15) is 0 Å². The third-order valence-corrected chi connectivity index (χ3v) is 7.65. The number of hydrogen-bond donors (Lipinski definition) is 1. The molecule has 1 N–H and O–H groups in total. The highest BCUT2D eigenvalue weighted by atomic mass is 16.5. The Labute approximate surface area is 217 Å². The van der Waals surface area contributed by atoms with Gasteiger partial charge >= 0.3 is 0 Å². The molecular weight excluding hydrogens is 474 g/mol. The zero-order valence-corrected chi connectivity index (χ0v) is 22.1. The maximum Gasteiger partial charge on any atom is 0.270 e. The summed E-state index contributed by atoms with van der Waals surface area (Å²) in [5, 5.41) is 0. The van der Waals surface area contributed by atoms with Gasteiger partial charge in [0.05, 0.1) is 12.8 Å². The second kappa shape index (κ2) is 9.74. The molecular formula is C27H35N5O5. The van der Waals surface area contributed by atoms with Gasteiger partial charge in [0.15, 0.2) is 6.10 Å². The molecule has 3 amide bonds. The summed E-state index contributed by atoms with van der Waals surface area (Å²) in [6, 6.07) is 5.59. The predicted molar refractivity (Wildman–Crippen MR) is 138 cm³/mol. The van der Waals surface area contributed by atoms with Crippen LogP contribution in [0.5, 0.6) is 11.5 Å². The molecule has 0 aliphatic carbocycles. The lowest BCUT2D eigenvalue weighted by Gasteiger charge is -2.40. The number of carbonyl (C=O) groups is 3. The number of methoxy groups -OCH3 is 1. The second-order valence-electron chi connectivity index (χ2n) is 10.5. The highest BCUT2D eigenvalue weighted by molar-refractivity contribution is 6.04. The number of anilines is 1. The van der Waals surface area contributed by atoms with Gasteiger partial charge in [0.25, 0.3) is 11.8 Å². The van der Waals surface area contributed by atoms with Gasteiger partial charge < -0.3 is 29.2 Å². The molecule has 4 heterocycles. The summed E-state index contributed by atoms with van der Waals surface area (Å²) < 4.78 is 12.1. The quantitative estimate of drug-likeness (QED) is 0.660. The summed E-state index contributed by atoms with van der Waals surface area (Å²) in [4.78, 5) is 50.1. The van der Waals surface area contributed by atoms with Crippen LogP contribution in [0.4, 0.5) is 5.69 Å². The van der Waals surface area contributed by atoms with Crippen molar-refractivity contribution in [3.63, 3.8) is 0 Å². The summed E-state index contributed by atoms with van der Waals surface area (Å²) in [7, 11) is 5.39. The van der Waals surface area contributed by atoms with Crippen molar-refractivity contribution < 1.29 is 23.9 Å². The van der Waals surface area contributed by atoms with E-state index in [4.69, 9.17) is 9.47 Å². The monoisotopic (exact) mass is 509 g/mol. The van der Waals surface area contributed by atoms with E-state index in [1.807, 2.05) is 37.9 Å². The number of rotatable bonds is 5. The first-order chi connectivity index (χ1) is 17.7. The van der Waals surface area contributed by atoms with Crippen molar-refractivity contribution in [2.24, 2.45) is 5.92 Å². The largest absolute Gasteiger partial charge is 0.497 e. The standard InChI is InChI=1S/C27H35N5O5/c1-16(2)24-27(35)32(15-22(33)31-10-8-29(3)9-11-31)21-13-17(36-5)12-19(25(21)37-24)20-14-30(4)26(34)23-18(20)6-7-28-23/h6-7,12-13,16,20,24,28H,8-11,14-15H2,1-5H3. The second-order valence-corrected chi connectivity index (χ2v) is 10.5. The summed E-state index contributed by atoms with van der Waals surface area (Å²) in [6.07, 6.45) is 1.04. The number of amides is 3. The molecule has 0 spiro atoms. The normalized spacial score (nSPS) is 22.2. The minimum absolute atomic E-state index is 0.0623. The first-order valence-corrected chi connectivity index (χ1v) is 12.8. The van der Waals surface area contributed by atoms with Crippen molar-refractivity contribution in [2.45, 2.75) is 25.9 Å². The van der Waals surface area contributed by atoms with Crippen molar-refractivity contribution in [1.82, 2.24) is 19.7 Å². The smallest absolute Gasteiger partial charge is 0.270 e. The van der Waals surface area contributed by atoms with E-state index in [0.29, 0.717) is 42.5 Å². The number of benzene rings is 1. The summed E-state index contributed by atoms with van der Waals surface area (Å²) in [6.45, 7) is 7.15. The molecule has 198 valence electrons. The van der Waals surface area contributed by atoms with Crippen LogP contribution < -0.4 is 14.4 Å². The van der Waals surface area contributed by atoms with Crippen LogP contribution in [-0.2, 0) is 9.59 Å². The maximum atomic E-state index is 13.7. The Hall–Kier alpha value is -3.53. The molecule has 2 atom stereocenters. The molecule has 37 heavy (non-hydrogen) atoms. The van der Waals surface area contributed by atoms with E-state index >= 15 is 0 Å². The first-order valence-electron chi connectivity index (χ1n) is 12.8. The van der Waals surface area contributed by atoms with E-state index in [1.54, 1.807) is 36.2 Å². The summed E-state index contributed by atoms with van der Waals surface area (Å²) >= 11 is 0. The van der Waals surface area contributed by atoms with E-state index in [-0.39, 0.29) is 36.1 Å². The summed E-state index contributed by atoms with van der Waals surface area (Å²) in [5.41, 5.74) is 2.77. The highest BCUT2D eigenvalue weighted by Crippen LogP contribution is 2.47. The van der Waals surface area contributed by atoms with Gasteiger partial charge in [0.1, 0.15) is 23.7 Å². The van der Waals surface area contributed by atoms with Crippen LogP contribution >= 0.6 is 0 Å². The number of aromatic amines is 1. The molecule has 10 nitrogen and oxygen atoms in total. The number of H-pyrrole nitrogens is 1. The van der Waals surface area contributed by atoms with Crippen LogP contribution in [0.2, 0.25) is 0 Å². The number of ether oxygens (including phenoxy) is 2. The lowest BCUT2D eigenvalue weighted by atomic mass is 9.86. The van der Waals surface area contributed by atoms with Crippen molar-refractivity contribution in [1.29, 1.82) is 0 Å². The molecule has 10 heteroatoms. The number of nitrogens with one attached hydrogen (secondary N) is 1. The molecule has 3 aliphatic heterocycles. The lowest BCUT2D eigenvalue weighted by molar-refractivity contribution is -0.135. The number of fused-ring (bicyclic) bond motifs is 2. The number of carbonyl (C=O) groups excluding carboxylic acids is 3. The maximum absolute atomic E-state index is 13.7. The average Bonchev–Trinajstić information content (AvgIpc) is 3.37. The third-order valence-electron chi connectivity index (χ3n) is 7.65. The summed E-state index contributed by atoms with van der Waals surface area (Å²) in [5.74, 6) is 0.439. The number of nitrogens with zero attached hydrogens (tertiary/aromatic N) is 4. The van der Waals surface area contributed by atoms with Crippen molar-refractivity contribution in [2.75, 3.05) is 65.4 Å². The topological polar surface area (TPSA) is 98.4 Å². The Kier molecular flexibility index (Phi) is 6.61. The number of likely N-dealkylation sites (N-methyl/N-ethyl adjacent to an activating group) is 2. The van der Waals surface area contributed by atoms with Gasteiger partial charge in [0.2, 0.25) is 5.91 Å². The Balaban J connectivity index is 1.59. The Morgan fingerprint density at radius 1 is 1.14 bits per heavy atom. The van der Waals surface area contributed by atoms with Gasteiger partial charge in [-0.15, -0.1) is 0 Å². The van der Waals surface area contributed by atoms with Gasteiger partial charge in [0, 0.05) is 63.5 Å². The van der Waals surface area contributed by atoms with Gasteiger partial charge in [-0.05, 0) is 30.7 Å². The molecule has 5 rings (SSSR count). The van der Waals surface area contributed by atoms with Crippen LogP contribution in [0.25, 0.3) is 0 Å². The van der Waals surface area contributed by atoms with Gasteiger partial charge in [-0.1, -0.05) is 13.8 Å². The third kappa shape index (κ3) is 4.43. The minimum Gasteiger partial charge on any atom is -0.497 e. The molecule has 3 aliphatic rings. The number of piperazine rings is 1. The van der Waals surface area contributed by atoms with Crippen LogP contribution in [0, 0.1) is 5.92 Å². The lowest BCUT2D eigenvalue weighted by Crippen LogP contribution is -2.54. The predicted octanol–water partition coefficient (Wildman–Crippen LogP) is 1.76. The van der Waals surface area contributed by atoms with E-state index in [9.17, 15) is 14.4 Å². The van der Waals surface area contributed by atoms with E-state index in [2.05, 4.69) is 9.88 Å². The van der Waals surface area contributed by atoms with Crippen molar-refractivity contribution in [3.8, 4) is 11.5 Å². The minimum atomic E-state index is -0.728. The van der Waals surface area contributed by atoms with E-state index in [1.165, 1.54) is 0 Å². The number of hydrogen-bond acceptors (Lipinski definition) is 6. The fourth-order valence-corrected chi connectivity index (χ4v) is 5.41. The van der Waals surface area contributed by atoms with Gasteiger partial charge in [-0.3, -0.25) is 19.3 Å². The number of aromatic nitrogens is 1. The fourth-order valence-electron chi connectivity index (χ4n) is 5.41. The van der Waals surface area contributed by atoms with Gasteiger partial charge in [-0.25, -0.2) is 0 Å². The van der Waals surface area contributed by atoms with Crippen molar-refractivity contribution >= 4 is 23.4 Å². The highest BCUT2D eigenvalue weighted by Gasteiger charge is 2.42. The molecule has 0 bridgehead atoms. The molecule has 1 saturated heterocycles. The van der Waals surface area contributed by atoms with Crippen LogP contribution in [0.3, 0.4) is 0 Å². The van der Waals surface area contributed by atoms with E-state index in [0.717, 1.165) is 24.2 Å². The molecule has 2 unspecified atom stereocenters. The molecule has 1 fully saturated rings. The Morgan fingerprint density at radius 3 is 2.54 bits per heavy atom. The zero-order valence-electron chi connectivity index (χ0n) is 22.1. The van der Waals surface area contributed by atoms with Crippen LogP contribution in [-0.4, -0.2) is 104 Å². The average molecular weight is 510 g/mol. The fraction of sp³-hybridized carbons (Fsp3) is 0.519. The molecule has 1 aromatic heterocycles. The SMILES string of the molecule is COc1cc(C2CN(C)C(=O)c3[nH]ccc32)c2c(c1)N(CC(=O)N1CCN(C)CC1)C(=O)C(C(C)C)O2. The van der Waals surface area contributed by atoms with Crippen molar-refractivity contribution in [3.05, 3.63) is 41.2 Å². The molecule has 0 radical (unpaired) electrons. The molecule has 2 aromatic rings.